The van der Waals surface area contributed by atoms with E-state index in [1.165, 1.54) is 13.8 Å². The second-order valence-corrected chi connectivity index (χ2v) is 10.8. The number of carbonyl (C=O) groups excluding carboxylic acids is 4. The molecule has 3 atom stereocenters. The Morgan fingerprint density at radius 2 is 1.46 bits per heavy atom. The van der Waals surface area contributed by atoms with Gasteiger partial charge in [0.1, 0.15) is 24.1 Å². The second kappa shape index (κ2) is 15.6. The number of hydrogen-bond donors (Lipinski definition) is 1. The third kappa shape index (κ3) is 10.1. The van der Waals surface area contributed by atoms with Crippen LogP contribution in [0.1, 0.15) is 43.4 Å². The molecule has 0 aliphatic rings. The summed E-state index contributed by atoms with van der Waals surface area (Å²) in [6, 6.07) is 22.4. The monoisotopic (exact) mass is 577 g/mol. The molecule has 0 heterocycles. The molecule has 3 rings (SSSR count). The van der Waals surface area contributed by atoms with Gasteiger partial charge >= 0.3 is 11.9 Å². The Hall–Kier alpha value is -4.11. The number of esters is 2. The van der Waals surface area contributed by atoms with Crippen molar-refractivity contribution in [3.8, 4) is 11.5 Å². The van der Waals surface area contributed by atoms with E-state index in [1.54, 1.807) is 31.4 Å². The van der Waals surface area contributed by atoms with Crippen molar-refractivity contribution in [1.82, 2.24) is 5.32 Å². The first-order valence-corrected chi connectivity index (χ1v) is 14.2. The van der Waals surface area contributed by atoms with Crippen LogP contribution in [0.15, 0.2) is 78.9 Å². The fourth-order valence-corrected chi connectivity index (χ4v) is 5.04. The van der Waals surface area contributed by atoms with Crippen LogP contribution < -0.4 is 14.8 Å². The number of nitrogens with one attached hydrogen (secondary N) is 1. The lowest BCUT2D eigenvalue weighted by atomic mass is 9.87. The molecule has 41 heavy (non-hydrogen) atoms. The standard InChI is InChI=1S/C32H35NO7S/c1-21(26-12-16-27(38-4)17-13-26)29(20-41-23(3)35)31(36)33-30(32(37)39-19-25-8-6-5-7-9-25)18-24-10-14-28(15-11-24)40-22(2)34/h5-17,21,29-30H,18-20H2,1-4H3,(H,33,36)/t21?,29?,30-/m0/s1. The zero-order chi connectivity index (χ0) is 29.8. The summed E-state index contributed by atoms with van der Waals surface area (Å²) < 4.78 is 15.9. The first-order valence-electron chi connectivity index (χ1n) is 13.2. The van der Waals surface area contributed by atoms with Gasteiger partial charge in [0.2, 0.25) is 5.91 Å². The van der Waals surface area contributed by atoms with Gasteiger partial charge in [0.05, 0.1) is 13.0 Å². The summed E-state index contributed by atoms with van der Waals surface area (Å²) in [5.41, 5.74) is 2.46. The summed E-state index contributed by atoms with van der Waals surface area (Å²) in [5.74, 6) is -0.916. The number of carbonyl (C=O) groups is 4. The molecule has 0 saturated carbocycles. The maximum absolute atomic E-state index is 13.7. The molecule has 0 aromatic heterocycles. The average Bonchev–Trinajstić information content (AvgIpc) is 2.96. The van der Waals surface area contributed by atoms with Gasteiger partial charge in [-0.3, -0.25) is 14.4 Å². The molecule has 0 aliphatic carbocycles. The summed E-state index contributed by atoms with van der Waals surface area (Å²) in [6.45, 7) is 4.75. The molecule has 3 aromatic carbocycles. The number of thioether (sulfide) groups is 1. The van der Waals surface area contributed by atoms with E-state index in [4.69, 9.17) is 14.2 Å². The second-order valence-electron chi connectivity index (χ2n) is 9.57. The van der Waals surface area contributed by atoms with Gasteiger partial charge in [-0.05, 0) is 46.9 Å². The number of ether oxygens (including phenoxy) is 3. The highest BCUT2D eigenvalue weighted by molar-refractivity contribution is 8.13. The van der Waals surface area contributed by atoms with E-state index in [2.05, 4.69) is 5.32 Å². The number of hydrogen-bond acceptors (Lipinski definition) is 8. The van der Waals surface area contributed by atoms with Crippen LogP contribution in [-0.4, -0.2) is 41.9 Å². The molecule has 0 radical (unpaired) electrons. The predicted octanol–water partition coefficient (Wildman–Crippen LogP) is 5.09. The SMILES string of the molecule is COc1ccc(C(C)C(CSC(C)=O)C(=O)N[C@@H](Cc2ccc(OC(C)=O)cc2)C(=O)OCc2ccccc2)cc1. The van der Waals surface area contributed by atoms with Crippen LogP contribution in [-0.2, 0) is 36.9 Å². The Balaban J connectivity index is 1.82. The molecular formula is C32H35NO7S. The zero-order valence-corrected chi connectivity index (χ0v) is 24.4. The van der Waals surface area contributed by atoms with Gasteiger partial charge in [-0.15, -0.1) is 0 Å². The fraction of sp³-hybridized carbons (Fsp3) is 0.312. The van der Waals surface area contributed by atoms with Crippen molar-refractivity contribution >= 4 is 34.7 Å². The first kappa shape index (κ1) is 31.4. The average molecular weight is 578 g/mol. The van der Waals surface area contributed by atoms with Gasteiger partial charge in [-0.2, -0.15) is 0 Å². The summed E-state index contributed by atoms with van der Waals surface area (Å²) in [6.07, 6.45) is 0.156. The lowest BCUT2D eigenvalue weighted by Gasteiger charge is -2.26. The molecule has 0 fully saturated rings. The zero-order valence-electron chi connectivity index (χ0n) is 23.6. The minimum absolute atomic E-state index is 0.0588. The summed E-state index contributed by atoms with van der Waals surface area (Å²) >= 11 is 1.07. The van der Waals surface area contributed by atoms with E-state index >= 15 is 0 Å². The smallest absolute Gasteiger partial charge is 0.329 e. The Morgan fingerprint density at radius 1 is 0.829 bits per heavy atom. The van der Waals surface area contributed by atoms with Gasteiger partial charge in [-0.1, -0.05) is 73.3 Å². The van der Waals surface area contributed by atoms with Crippen LogP contribution in [0.2, 0.25) is 0 Å². The third-order valence-corrected chi connectivity index (χ3v) is 7.43. The van der Waals surface area contributed by atoms with E-state index in [0.717, 1.165) is 28.5 Å². The van der Waals surface area contributed by atoms with Crippen LogP contribution in [0.25, 0.3) is 0 Å². The first-order chi connectivity index (χ1) is 19.7. The van der Waals surface area contributed by atoms with Crippen molar-refractivity contribution in [3.05, 3.63) is 95.6 Å². The van der Waals surface area contributed by atoms with E-state index in [-0.39, 0.29) is 35.7 Å². The highest BCUT2D eigenvalue weighted by atomic mass is 32.2. The van der Waals surface area contributed by atoms with Crippen LogP contribution in [0.4, 0.5) is 0 Å². The maximum Gasteiger partial charge on any atom is 0.329 e. The lowest BCUT2D eigenvalue weighted by Crippen LogP contribution is -2.47. The minimum atomic E-state index is -0.987. The molecule has 3 aromatic rings. The third-order valence-electron chi connectivity index (χ3n) is 6.50. The molecule has 9 heteroatoms. The molecule has 216 valence electrons. The van der Waals surface area contributed by atoms with E-state index in [0.29, 0.717) is 11.5 Å². The molecule has 8 nitrogen and oxygen atoms in total. The van der Waals surface area contributed by atoms with Crippen molar-refractivity contribution in [3.63, 3.8) is 0 Å². The van der Waals surface area contributed by atoms with E-state index in [9.17, 15) is 19.2 Å². The van der Waals surface area contributed by atoms with Crippen LogP contribution in [0.5, 0.6) is 11.5 Å². The highest BCUT2D eigenvalue weighted by Crippen LogP contribution is 2.29. The molecule has 2 unspecified atom stereocenters. The number of methoxy groups -OCH3 is 1. The van der Waals surface area contributed by atoms with Crippen molar-refractivity contribution in [2.75, 3.05) is 12.9 Å². The van der Waals surface area contributed by atoms with Crippen LogP contribution in [0.3, 0.4) is 0 Å². The molecule has 0 aliphatic heterocycles. The quantitative estimate of drug-likeness (QED) is 0.221. The molecular weight excluding hydrogens is 542 g/mol. The fourth-order valence-electron chi connectivity index (χ4n) is 4.19. The van der Waals surface area contributed by atoms with Crippen molar-refractivity contribution < 1.29 is 33.4 Å². The van der Waals surface area contributed by atoms with E-state index in [1.807, 2.05) is 61.5 Å². The normalized spacial score (nSPS) is 12.9. The molecule has 0 bridgehead atoms. The highest BCUT2D eigenvalue weighted by Gasteiger charge is 2.31. The predicted molar refractivity (Wildman–Crippen MR) is 158 cm³/mol. The van der Waals surface area contributed by atoms with Crippen molar-refractivity contribution in [2.24, 2.45) is 5.92 Å². The largest absolute Gasteiger partial charge is 0.497 e. The van der Waals surface area contributed by atoms with E-state index < -0.39 is 23.9 Å². The van der Waals surface area contributed by atoms with Gasteiger partial charge in [0.15, 0.2) is 5.12 Å². The van der Waals surface area contributed by atoms with Crippen LogP contribution in [0, 0.1) is 5.92 Å². The lowest BCUT2D eigenvalue weighted by molar-refractivity contribution is -0.149. The summed E-state index contributed by atoms with van der Waals surface area (Å²) in [4.78, 5) is 50.1. The Bertz CT molecular complexity index is 1310. The van der Waals surface area contributed by atoms with Gasteiger partial charge < -0.3 is 19.5 Å². The number of amides is 1. The Morgan fingerprint density at radius 3 is 2.05 bits per heavy atom. The van der Waals surface area contributed by atoms with Gasteiger partial charge in [0.25, 0.3) is 0 Å². The number of benzene rings is 3. The molecule has 1 N–H and O–H groups in total. The van der Waals surface area contributed by atoms with Gasteiger partial charge in [0, 0.05) is 26.0 Å². The topological polar surface area (TPSA) is 108 Å². The summed E-state index contributed by atoms with van der Waals surface area (Å²) in [7, 11) is 1.58. The Labute approximate surface area is 244 Å². The van der Waals surface area contributed by atoms with Gasteiger partial charge in [-0.25, -0.2) is 4.79 Å². The van der Waals surface area contributed by atoms with Crippen molar-refractivity contribution in [2.45, 2.75) is 45.8 Å². The maximum atomic E-state index is 13.7. The van der Waals surface area contributed by atoms with Crippen LogP contribution >= 0.6 is 11.8 Å². The number of rotatable bonds is 13. The summed E-state index contributed by atoms with van der Waals surface area (Å²) in [5, 5.41) is 2.80. The molecule has 0 saturated heterocycles. The van der Waals surface area contributed by atoms with Crippen molar-refractivity contribution in [1.29, 1.82) is 0 Å². The Kier molecular flexibility index (Phi) is 12.0. The molecule has 1 amide bonds. The molecule has 0 spiro atoms. The minimum Gasteiger partial charge on any atom is -0.497 e.